The van der Waals surface area contributed by atoms with E-state index in [9.17, 15) is 4.79 Å². The molecule has 0 aliphatic heterocycles. The topological polar surface area (TPSA) is 41.6 Å². The van der Waals surface area contributed by atoms with Gasteiger partial charge in [-0.2, -0.15) is 0 Å². The van der Waals surface area contributed by atoms with Crippen LogP contribution in [-0.2, 0) is 4.74 Å². The zero-order valence-corrected chi connectivity index (χ0v) is 22.5. The van der Waals surface area contributed by atoms with E-state index in [0.29, 0.717) is 6.54 Å². The highest BCUT2D eigenvalue weighted by atomic mass is 79.9. The number of carbonyl (C=O) groups is 1. The summed E-state index contributed by atoms with van der Waals surface area (Å²) in [6, 6.07) is 18.1. The first-order valence-electron chi connectivity index (χ1n) is 10.8. The van der Waals surface area contributed by atoms with Gasteiger partial charge >= 0.3 is 6.09 Å². The minimum atomic E-state index is -0.568. The van der Waals surface area contributed by atoms with E-state index in [1.165, 1.54) is 0 Å². The van der Waals surface area contributed by atoms with Crippen LogP contribution in [-0.4, -0.2) is 27.9 Å². The average molecular weight is 520 g/mol. The highest BCUT2D eigenvalue weighted by Gasteiger charge is 2.26. The van der Waals surface area contributed by atoms with Gasteiger partial charge in [0.25, 0.3) is 0 Å². The number of carbonyl (C=O) groups excluding carboxylic acids is 1. The molecule has 0 radical (unpaired) electrons. The van der Waals surface area contributed by atoms with Crippen molar-refractivity contribution >= 4 is 39.7 Å². The predicted octanol–water partition coefficient (Wildman–Crippen LogP) is 7.82. The number of amides is 1. The Bertz CT molecular complexity index is 900. The summed E-state index contributed by atoms with van der Waals surface area (Å²) in [7, 11) is 0. The number of ether oxygens (including phenoxy) is 1. The highest BCUT2D eigenvalue weighted by molar-refractivity contribution is 9.10. The number of rotatable bonds is 7. The van der Waals surface area contributed by atoms with Crippen molar-refractivity contribution in [3.63, 3.8) is 0 Å². The van der Waals surface area contributed by atoms with Crippen molar-refractivity contribution in [2.75, 3.05) is 6.54 Å². The molecule has 0 heterocycles. The third kappa shape index (κ3) is 8.91. The van der Waals surface area contributed by atoms with Gasteiger partial charge in [0.1, 0.15) is 5.60 Å². The van der Waals surface area contributed by atoms with Gasteiger partial charge in [-0.25, -0.2) is 4.79 Å². The number of benzene rings is 2. The molecule has 174 valence electrons. The van der Waals surface area contributed by atoms with Gasteiger partial charge in [-0.05, 0) is 89.7 Å². The maximum absolute atomic E-state index is 13.1. The van der Waals surface area contributed by atoms with E-state index >= 15 is 0 Å². The summed E-state index contributed by atoms with van der Waals surface area (Å²) in [6.45, 7) is 14.6. The first-order chi connectivity index (χ1) is 14.9. The van der Waals surface area contributed by atoms with E-state index in [-0.39, 0.29) is 16.9 Å². The molecule has 0 unspecified atom stereocenters. The SMILES string of the molecule is C[C@@H](c1ccc(Br)cc1)N(CC=C(NSC(C)(C)C)c1ccccc1)C(=O)OC(C)(C)C. The molecule has 0 spiro atoms. The molecule has 32 heavy (non-hydrogen) atoms. The summed E-state index contributed by atoms with van der Waals surface area (Å²) in [4.78, 5) is 14.9. The Morgan fingerprint density at radius 3 is 2.19 bits per heavy atom. The molecule has 1 amide bonds. The van der Waals surface area contributed by atoms with Gasteiger partial charge < -0.3 is 9.46 Å². The van der Waals surface area contributed by atoms with Crippen molar-refractivity contribution in [2.45, 2.75) is 64.9 Å². The summed E-state index contributed by atoms with van der Waals surface area (Å²) in [5, 5.41) is 0. The van der Waals surface area contributed by atoms with Crippen molar-refractivity contribution < 1.29 is 9.53 Å². The Balaban J connectivity index is 2.36. The number of nitrogens with one attached hydrogen (secondary N) is 1. The van der Waals surface area contributed by atoms with E-state index in [4.69, 9.17) is 4.74 Å². The van der Waals surface area contributed by atoms with Crippen LogP contribution >= 0.6 is 27.9 Å². The number of hydrogen-bond donors (Lipinski definition) is 1. The average Bonchev–Trinajstić information content (AvgIpc) is 2.69. The molecule has 0 saturated heterocycles. The van der Waals surface area contributed by atoms with Crippen LogP contribution in [0.15, 0.2) is 65.1 Å². The largest absolute Gasteiger partial charge is 0.444 e. The second-order valence-corrected chi connectivity index (χ2v) is 12.2. The lowest BCUT2D eigenvalue weighted by atomic mass is 10.1. The van der Waals surface area contributed by atoms with Crippen LogP contribution in [0, 0.1) is 0 Å². The maximum Gasteiger partial charge on any atom is 0.411 e. The van der Waals surface area contributed by atoms with Gasteiger partial charge in [-0.15, -0.1) is 0 Å². The molecule has 0 aromatic heterocycles. The van der Waals surface area contributed by atoms with Crippen LogP contribution in [0.5, 0.6) is 0 Å². The molecular weight excluding hydrogens is 484 g/mol. The Labute approximate surface area is 206 Å². The molecule has 2 aromatic carbocycles. The lowest BCUT2D eigenvalue weighted by Crippen LogP contribution is -2.38. The van der Waals surface area contributed by atoms with Gasteiger partial charge in [0.15, 0.2) is 0 Å². The van der Waals surface area contributed by atoms with Gasteiger partial charge in [-0.1, -0.05) is 58.4 Å². The molecule has 0 fully saturated rings. The van der Waals surface area contributed by atoms with Crippen LogP contribution < -0.4 is 4.72 Å². The molecule has 0 saturated carbocycles. The second kappa shape index (κ2) is 11.3. The molecule has 2 rings (SSSR count). The lowest BCUT2D eigenvalue weighted by molar-refractivity contribution is 0.0200. The molecule has 1 N–H and O–H groups in total. The van der Waals surface area contributed by atoms with Gasteiger partial charge in [-0.3, -0.25) is 4.90 Å². The fraction of sp³-hybridized carbons (Fsp3) is 0.423. The second-order valence-electron chi connectivity index (χ2n) is 9.66. The number of halogens is 1. The van der Waals surface area contributed by atoms with E-state index in [1.807, 2.05) is 70.2 Å². The summed E-state index contributed by atoms with van der Waals surface area (Å²) in [5.74, 6) is 0. The van der Waals surface area contributed by atoms with Crippen molar-refractivity contribution in [1.82, 2.24) is 9.62 Å². The standard InChI is InChI=1S/C26H35BrN2O2S/c1-19(20-13-15-22(27)16-14-20)29(24(30)31-25(2,3)4)18-17-23(28-32-26(5,6)7)21-11-9-8-10-12-21/h8-17,19,28H,18H2,1-7H3/t19-/m0/s1. The zero-order valence-electron chi connectivity index (χ0n) is 20.1. The Hall–Kier alpha value is -1.92. The molecule has 0 aliphatic rings. The van der Waals surface area contributed by atoms with E-state index in [2.05, 4.69) is 59.6 Å². The summed E-state index contributed by atoms with van der Waals surface area (Å²) >= 11 is 5.14. The fourth-order valence-electron chi connectivity index (χ4n) is 2.87. The number of nitrogens with zero attached hydrogens (tertiary/aromatic N) is 1. The summed E-state index contributed by atoms with van der Waals surface area (Å²) < 4.78 is 10.3. The van der Waals surface area contributed by atoms with Crippen molar-refractivity contribution in [2.24, 2.45) is 0 Å². The van der Waals surface area contributed by atoms with Crippen LogP contribution in [0.2, 0.25) is 0 Å². The van der Waals surface area contributed by atoms with Crippen LogP contribution in [0.4, 0.5) is 4.79 Å². The number of hydrogen-bond acceptors (Lipinski definition) is 4. The molecule has 0 bridgehead atoms. The maximum atomic E-state index is 13.1. The monoisotopic (exact) mass is 518 g/mol. The first kappa shape index (κ1) is 26.3. The molecule has 4 nitrogen and oxygen atoms in total. The van der Waals surface area contributed by atoms with Crippen LogP contribution in [0.25, 0.3) is 5.70 Å². The molecule has 2 aromatic rings. The smallest absolute Gasteiger partial charge is 0.411 e. The minimum Gasteiger partial charge on any atom is -0.444 e. The predicted molar refractivity (Wildman–Crippen MR) is 140 cm³/mol. The Morgan fingerprint density at radius 1 is 1.06 bits per heavy atom. The Kier molecular flexibility index (Phi) is 9.28. The van der Waals surface area contributed by atoms with Crippen LogP contribution in [0.1, 0.15) is 65.6 Å². The van der Waals surface area contributed by atoms with Crippen molar-refractivity contribution in [1.29, 1.82) is 0 Å². The van der Waals surface area contributed by atoms with Gasteiger partial charge in [0, 0.05) is 21.5 Å². The fourth-order valence-corrected chi connectivity index (χ4v) is 3.75. The summed E-state index contributed by atoms with van der Waals surface area (Å²) in [5.41, 5.74) is 2.53. The zero-order chi connectivity index (χ0) is 23.9. The normalized spacial score (nSPS) is 13.4. The van der Waals surface area contributed by atoms with E-state index < -0.39 is 5.60 Å². The van der Waals surface area contributed by atoms with Gasteiger partial charge in [0.2, 0.25) is 0 Å². The third-order valence-electron chi connectivity index (χ3n) is 4.49. The summed E-state index contributed by atoms with van der Waals surface area (Å²) in [6.07, 6.45) is 1.73. The molecule has 6 heteroatoms. The van der Waals surface area contributed by atoms with E-state index in [1.54, 1.807) is 16.8 Å². The van der Waals surface area contributed by atoms with Crippen molar-refractivity contribution in [3.8, 4) is 0 Å². The lowest BCUT2D eigenvalue weighted by Gasteiger charge is -2.31. The minimum absolute atomic E-state index is 0.0451. The third-order valence-corrected chi connectivity index (χ3v) is 5.96. The van der Waals surface area contributed by atoms with Crippen LogP contribution in [0.3, 0.4) is 0 Å². The Morgan fingerprint density at radius 2 is 1.66 bits per heavy atom. The van der Waals surface area contributed by atoms with Gasteiger partial charge in [0.05, 0.1) is 6.04 Å². The highest BCUT2D eigenvalue weighted by Crippen LogP contribution is 2.27. The first-order valence-corrected chi connectivity index (χ1v) is 12.4. The molecule has 0 aliphatic carbocycles. The quantitative estimate of drug-likeness (QED) is 0.379. The van der Waals surface area contributed by atoms with E-state index in [0.717, 1.165) is 21.3 Å². The molecular formula is C26H35BrN2O2S. The van der Waals surface area contributed by atoms with Crippen molar-refractivity contribution in [3.05, 3.63) is 76.3 Å². The molecule has 1 atom stereocenters.